The molecule has 1 fully saturated rings. The molecule has 1 heterocycles. The van der Waals surface area contributed by atoms with Gasteiger partial charge in [-0.1, -0.05) is 18.2 Å². The number of aliphatic hydroxyl groups excluding tert-OH is 1. The Morgan fingerprint density at radius 3 is 2.74 bits per heavy atom. The Morgan fingerprint density at radius 2 is 2.00 bits per heavy atom. The first-order chi connectivity index (χ1) is 8.99. The summed E-state index contributed by atoms with van der Waals surface area (Å²) in [5, 5.41) is 10.5. The summed E-state index contributed by atoms with van der Waals surface area (Å²) in [4.78, 5) is 4.72. The molecular weight excluding hydrogens is 236 g/mol. The largest absolute Gasteiger partial charge is 0.388 e. The lowest BCUT2D eigenvalue weighted by Crippen LogP contribution is -2.50. The van der Waals surface area contributed by atoms with Crippen molar-refractivity contribution in [2.75, 3.05) is 33.7 Å². The number of hydrogen-bond acceptors (Lipinski definition) is 3. The SMILES string of the molecule is Cc1cccc(C(O)CC2CN(C)CCN2C)c1C. The first-order valence-corrected chi connectivity index (χ1v) is 7.12. The lowest BCUT2D eigenvalue weighted by molar-refractivity contribution is 0.0632. The third-order valence-electron chi connectivity index (χ3n) is 4.48. The van der Waals surface area contributed by atoms with Crippen LogP contribution >= 0.6 is 0 Å². The van der Waals surface area contributed by atoms with Crippen LogP contribution in [0.5, 0.6) is 0 Å². The van der Waals surface area contributed by atoms with Crippen molar-refractivity contribution in [2.24, 2.45) is 0 Å². The third-order valence-corrected chi connectivity index (χ3v) is 4.48. The van der Waals surface area contributed by atoms with Gasteiger partial charge in [-0.15, -0.1) is 0 Å². The minimum atomic E-state index is -0.362. The molecule has 0 bridgehead atoms. The first-order valence-electron chi connectivity index (χ1n) is 7.12. The summed E-state index contributed by atoms with van der Waals surface area (Å²) in [5.41, 5.74) is 3.56. The number of nitrogens with zero attached hydrogens (tertiary/aromatic N) is 2. The molecule has 3 nitrogen and oxygen atoms in total. The summed E-state index contributed by atoms with van der Waals surface area (Å²) in [7, 11) is 4.32. The topological polar surface area (TPSA) is 26.7 Å². The first kappa shape index (κ1) is 14.5. The molecular formula is C16H26N2O. The molecule has 0 amide bonds. The molecule has 1 aliphatic rings. The van der Waals surface area contributed by atoms with E-state index in [1.54, 1.807) is 0 Å². The molecule has 1 aromatic rings. The van der Waals surface area contributed by atoms with Crippen LogP contribution in [-0.2, 0) is 0 Å². The van der Waals surface area contributed by atoms with Crippen molar-refractivity contribution in [1.82, 2.24) is 9.80 Å². The van der Waals surface area contributed by atoms with Crippen molar-refractivity contribution in [1.29, 1.82) is 0 Å². The van der Waals surface area contributed by atoms with Gasteiger partial charge >= 0.3 is 0 Å². The summed E-state index contributed by atoms with van der Waals surface area (Å²) in [5.74, 6) is 0. The van der Waals surface area contributed by atoms with E-state index >= 15 is 0 Å². The summed E-state index contributed by atoms with van der Waals surface area (Å²) in [6, 6.07) is 6.64. The maximum Gasteiger partial charge on any atom is 0.0808 e. The van der Waals surface area contributed by atoms with E-state index in [-0.39, 0.29) is 6.10 Å². The van der Waals surface area contributed by atoms with Crippen molar-refractivity contribution < 1.29 is 5.11 Å². The fraction of sp³-hybridized carbons (Fsp3) is 0.625. The highest BCUT2D eigenvalue weighted by Gasteiger charge is 2.25. The predicted molar refractivity (Wildman–Crippen MR) is 79.4 cm³/mol. The van der Waals surface area contributed by atoms with Crippen LogP contribution in [-0.4, -0.2) is 54.7 Å². The van der Waals surface area contributed by atoms with Crippen molar-refractivity contribution >= 4 is 0 Å². The molecule has 1 aliphatic heterocycles. The van der Waals surface area contributed by atoms with Gasteiger partial charge in [0.2, 0.25) is 0 Å². The van der Waals surface area contributed by atoms with Gasteiger partial charge in [-0.3, -0.25) is 0 Å². The van der Waals surface area contributed by atoms with E-state index in [4.69, 9.17) is 0 Å². The second-order valence-corrected chi connectivity index (χ2v) is 5.94. The van der Waals surface area contributed by atoms with E-state index in [1.165, 1.54) is 11.1 Å². The van der Waals surface area contributed by atoms with Gasteiger partial charge in [0.1, 0.15) is 0 Å². The molecule has 2 atom stereocenters. The molecule has 1 N–H and O–H groups in total. The van der Waals surface area contributed by atoms with Crippen LogP contribution in [0.4, 0.5) is 0 Å². The van der Waals surface area contributed by atoms with Crippen LogP contribution in [0, 0.1) is 13.8 Å². The fourth-order valence-corrected chi connectivity index (χ4v) is 2.88. The van der Waals surface area contributed by atoms with Gasteiger partial charge in [0, 0.05) is 25.7 Å². The number of rotatable bonds is 3. The second kappa shape index (κ2) is 6.04. The second-order valence-electron chi connectivity index (χ2n) is 5.94. The smallest absolute Gasteiger partial charge is 0.0808 e. The molecule has 0 radical (unpaired) electrons. The Labute approximate surface area is 116 Å². The summed E-state index contributed by atoms with van der Waals surface area (Å²) in [6.07, 6.45) is 0.448. The van der Waals surface area contributed by atoms with Crippen molar-refractivity contribution in [3.63, 3.8) is 0 Å². The van der Waals surface area contributed by atoms with Gasteiger partial charge in [-0.2, -0.15) is 0 Å². The number of aryl methyl sites for hydroxylation is 1. The lowest BCUT2D eigenvalue weighted by atomic mass is 9.94. The molecule has 1 saturated heterocycles. The maximum absolute atomic E-state index is 10.5. The fourth-order valence-electron chi connectivity index (χ4n) is 2.88. The maximum atomic E-state index is 10.5. The van der Waals surface area contributed by atoms with Gasteiger partial charge in [0.25, 0.3) is 0 Å². The van der Waals surface area contributed by atoms with Crippen LogP contribution in [0.25, 0.3) is 0 Å². The minimum absolute atomic E-state index is 0.362. The summed E-state index contributed by atoms with van der Waals surface area (Å²) < 4.78 is 0. The summed E-state index contributed by atoms with van der Waals surface area (Å²) in [6.45, 7) is 7.45. The van der Waals surface area contributed by atoms with Crippen LogP contribution in [0.3, 0.4) is 0 Å². The van der Waals surface area contributed by atoms with Gasteiger partial charge in [-0.05, 0) is 51.1 Å². The van der Waals surface area contributed by atoms with Gasteiger partial charge in [0.15, 0.2) is 0 Å². The highest BCUT2D eigenvalue weighted by atomic mass is 16.3. The molecule has 3 heteroatoms. The number of hydrogen-bond donors (Lipinski definition) is 1. The van der Waals surface area contributed by atoms with Crippen LogP contribution in [0.2, 0.25) is 0 Å². The van der Waals surface area contributed by atoms with Gasteiger partial charge in [-0.25, -0.2) is 0 Å². The molecule has 1 aromatic carbocycles. The van der Waals surface area contributed by atoms with E-state index in [0.717, 1.165) is 31.6 Å². The summed E-state index contributed by atoms with van der Waals surface area (Å²) >= 11 is 0. The normalized spacial score (nSPS) is 23.5. The molecule has 19 heavy (non-hydrogen) atoms. The Kier molecular flexibility index (Phi) is 4.61. The van der Waals surface area contributed by atoms with Crippen LogP contribution in [0.1, 0.15) is 29.2 Å². The Balaban J connectivity index is 2.07. The molecule has 0 aromatic heterocycles. The lowest BCUT2D eigenvalue weighted by Gasteiger charge is -2.38. The van der Waals surface area contributed by atoms with Gasteiger partial charge in [0.05, 0.1) is 6.10 Å². The predicted octanol–water partition coefficient (Wildman–Crippen LogP) is 1.97. The molecule has 0 spiro atoms. The molecule has 0 aliphatic carbocycles. The van der Waals surface area contributed by atoms with E-state index in [1.807, 2.05) is 6.07 Å². The van der Waals surface area contributed by atoms with Gasteiger partial charge < -0.3 is 14.9 Å². The highest BCUT2D eigenvalue weighted by Crippen LogP contribution is 2.26. The number of likely N-dealkylation sites (N-methyl/N-ethyl adjacent to an activating group) is 2. The number of piperazine rings is 1. The average Bonchev–Trinajstić information content (AvgIpc) is 2.37. The third kappa shape index (κ3) is 3.35. The van der Waals surface area contributed by atoms with E-state index in [2.05, 4.69) is 49.9 Å². The zero-order valence-electron chi connectivity index (χ0n) is 12.6. The van der Waals surface area contributed by atoms with Crippen LogP contribution < -0.4 is 0 Å². The number of benzene rings is 1. The molecule has 2 unspecified atom stereocenters. The Morgan fingerprint density at radius 1 is 1.26 bits per heavy atom. The minimum Gasteiger partial charge on any atom is -0.388 e. The van der Waals surface area contributed by atoms with Crippen molar-refractivity contribution in [2.45, 2.75) is 32.4 Å². The van der Waals surface area contributed by atoms with E-state index < -0.39 is 0 Å². The molecule has 2 rings (SSSR count). The monoisotopic (exact) mass is 262 g/mol. The zero-order valence-corrected chi connectivity index (χ0v) is 12.6. The highest BCUT2D eigenvalue weighted by molar-refractivity contribution is 5.34. The molecule has 0 saturated carbocycles. The van der Waals surface area contributed by atoms with Crippen LogP contribution in [0.15, 0.2) is 18.2 Å². The zero-order chi connectivity index (χ0) is 14.0. The molecule has 106 valence electrons. The van der Waals surface area contributed by atoms with Crippen molar-refractivity contribution in [3.8, 4) is 0 Å². The quantitative estimate of drug-likeness (QED) is 0.902. The standard InChI is InChI=1S/C16H26N2O/c1-12-6-5-7-15(13(12)2)16(19)10-14-11-17(3)8-9-18(14)4/h5-7,14,16,19H,8-11H2,1-4H3. The van der Waals surface area contributed by atoms with E-state index in [9.17, 15) is 5.11 Å². The Hall–Kier alpha value is -0.900. The number of aliphatic hydroxyl groups is 1. The van der Waals surface area contributed by atoms with E-state index in [0.29, 0.717) is 6.04 Å². The Bertz CT molecular complexity index is 433. The average molecular weight is 262 g/mol. The van der Waals surface area contributed by atoms with Crippen molar-refractivity contribution in [3.05, 3.63) is 34.9 Å².